The van der Waals surface area contributed by atoms with Crippen molar-refractivity contribution in [3.05, 3.63) is 21.9 Å². The lowest BCUT2D eigenvalue weighted by molar-refractivity contribution is 0.0693. The molecule has 1 aromatic rings. The van der Waals surface area contributed by atoms with Gasteiger partial charge < -0.3 is 4.18 Å². The van der Waals surface area contributed by atoms with Gasteiger partial charge in [-0.1, -0.05) is 34.6 Å². The Hall–Kier alpha value is 0.01000. The van der Waals surface area contributed by atoms with Crippen LogP contribution in [-0.4, -0.2) is 17.3 Å². The second-order valence-electron chi connectivity index (χ2n) is 7.61. The summed E-state index contributed by atoms with van der Waals surface area (Å²) in [6.07, 6.45) is 7.32. The number of thiophene rings is 1. The zero-order valence-electron chi connectivity index (χ0n) is 13.4. The lowest BCUT2D eigenvalue weighted by atomic mass is 9.75. The van der Waals surface area contributed by atoms with Crippen molar-refractivity contribution in [2.45, 2.75) is 58.3 Å². The Kier molecular flexibility index (Phi) is 3.88. The van der Waals surface area contributed by atoms with Crippen LogP contribution in [0.15, 0.2) is 11.4 Å². The van der Waals surface area contributed by atoms with Crippen LogP contribution in [0.3, 0.4) is 0 Å². The number of aryl methyl sites for hydroxylation is 1. The molecule has 0 fully saturated rings. The Morgan fingerprint density at radius 2 is 1.95 bits per heavy atom. The van der Waals surface area contributed by atoms with E-state index in [0.717, 1.165) is 0 Å². The second-order valence-corrected chi connectivity index (χ2v) is 12.5. The molecule has 0 N–H and O–H groups in total. The van der Waals surface area contributed by atoms with Crippen LogP contribution in [0.5, 0.6) is 0 Å². The fraction of sp³-hybridized carbons (Fsp3) is 0.750. The highest BCUT2D eigenvalue weighted by atomic mass is 32.3. The molecule has 0 saturated carbocycles. The molecule has 0 saturated heterocycles. The summed E-state index contributed by atoms with van der Waals surface area (Å²) in [6, 6.07) is 2.28. The van der Waals surface area contributed by atoms with Crippen molar-refractivity contribution in [2.24, 2.45) is 5.41 Å². The van der Waals surface area contributed by atoms with Gasteiger partial charge in [0.05, 0.1) is 0 Å². The van der Waals surface area contributed by atoms with Gasteiger partial charge in [0.15, 0.2) is 0 Å². The third kappa shape index (κ3) is 2.88. The Morgan fingerprint density at radius 1 is 1.32 bits per heavy atom. The van der Waals surface area contributed by atoms with Crippen molar-refractivity contribution in [1.82, 2.24) is 0 Å². The summed E-state index contributed by atoms with van der Waals surface area (Å²) < 4.78 is 6.95. The van der Waals surface area contributed by atoms with Gasteiger partial charge in [-0.15, -0.1) is 21.6 Å². The molecule has 1 heterocycles. The first-order valence-electron chi connectivity index (χ1n) is 7.02. The average Bonchev–Trinajstić information content (AvgIpc) is 2.68. The smallest absolute Gasteiger partial charge is 0.101 e. The minimum absolute atomic E-state index is 0.219. The van der Waals surface area contributed by atoms with Gasteiger partial charge in [-0.3, -0.25) is 0 Å². The van der Waals surface area contributed by atoms with Gasteiger partial charge in [-0.05, 0) is 47.8 Å². The Balaban J connectivity index is 2.33. The van der Waals surface area contributed by atoms with Gasteiger partial charge in [0.1, 0.15) is 6.10 Å². The molecule has 0 amide bonds. The lowest BCUT2D eigenvalue weighted by Crippen LogP contribution is -2.34. The Labute approximate surface area is 124 Å². The summed E-state index contributed by atoms with van der Waals surface area (Å²) >= 11 is 1.89. The van der Waals surface area contributed by atoms with Gasteiger partial charge >= 0.3 is 0 Å². The molecule has 1 aliphatic carbocycles. The van der Waals surface area contributed by atoms with Crippen LogP contribution in [0, 0.1) is 5.41 Å². The molecular weight excluding hydrogens is 272 g/mol. The van der Waals surface area contributed by atoms with E-state index in [4.69, 9.17) is 4.18 Å². The quantitative estimate of drug-likeness (QED) is 0.695. The number of hydrogen-bond acceptors (Lipinski definition) is 2. The van der Waals surface area contributed by atoms with Crippen LogP contribution >= 0.6 is 21.6 Å². The van der Waals surface area contributed by atoms with Gasteiger partial charge in [0.2, 0.25) is 0 Å². The molecule has 1 aromatic heterocycles. The fourth-order valence-corrected chi connectivity index (χ4v) is 4.39. The molecule has 110 valence electrons. The summed E-state index contributed by atoms with van der Waals surface area (Å²) in [5, 5.41) is 2.22. The van der Waals surface area contributed by atoms with Gasteiger partial charge in [-0.25, -0.2) is 0 Å². The second kappa shape index (κ2) is 4.78. The van der Waals surface area contributed by atoms with Crippen molar-refractivity contribution in [3.8, 4) is 0 Å². The Bertz CT molecular complexity index is 452. The largest absolute Gasteiger partial charge is 0.328 e. The summed E-state index contributed by atoms with van der Waals surface area (Å²) in [5.74, 6) is 0. The molecule has 1 aliphatic rings. The van der Waals surface area contributed by atoms with E-state index >= 15 is 0 Å². The van der Waals surface area contributed by atoms with E-state index < -0.39 is 10.3 Å². The van der Waals surface area contributed by atoms with Gasteiger partial charge in [0.25, 0.3) is 0 Å². The third-order valence-corrected chi connectivity index (χ3v) is 9.20. The monoisotopic (exact) mass is 300 g/mol. The molecule has 1 unspecified atom stereocenters. The molecule has 1 atom stereocenters. The van der Waals surface area contributed by atoms with Gasteiger partial charge in [-0.2, -0.15) is 0 Å². The molecule has 0 radical (unpaired) electrons. The van der Waals surface area contributed by atoms with E-state index in [1.807, 2.05) is 11.3 Å². The lowest BCUT2D eigenvalue weighted by Gasteiger charge is -2.50. The molecule has 0 spiro atoms. The van der Waals surface area contributed by atoms with E-state index in [-0.39, 0.29) is 16.3 Å². The topological polar surface area (TPSA) is 9.23 Å². The highest BCUT2D eigenvalue weighted by Crippen LogP contribution is 2.61. The summed E-state index contributed by atoms with van der Waals surface area (Å²) in [5.41, 5.74) is 1.69. The maximum absolute atomic E-state index is 6.73. The highest BCUT2D eigenvalue weighted by molar-refractivity contribution is 8.29. The third-order valence-electron chi connectivity index (χ3n) is 4.58. The zero-order valence-corrected chi connectivity index (χ0v) is 15.0. The van der Waals surface area contributed by atoms with Crippen LogP contribution in [-0.2, 0) is 10.6 Å². The van der Waals surface area contributed by atoms with Crippen molar-refractivity contribution in [3.63, 3.8) is 0 Å². The van der Waals surface area contributed by atoms with Crippen LogP contribution in [0.2, 0.25) is 0 Å². The van der Waals surface area contributed by atoms with Crippen LogP contribution < -0.4 is 0 Å². The minimum atomic E-state index is -1.08. The average molecular weight is 301 g/mol. The fourth-order valence-electron chi connectivity index (χ4n) is 2.34. The molecule has 1 nitrogen and oxygen atoms in total. The summed E-state index contributed by atoms with van der Waals surface area (Å²) in [4.78, 5) is 1.54. The normalized spacial score (nSPS) is 24.1. The predicted octanol–water partition coefficient (Wildman–Crippen LogP) is 5.56. The molecule has 0 aliphatic heterocycles. The van der Waals surface area contributed by atoms with Gasteiger partial charge in [0, 0.05) is 9.62 Å². The van der Waals surface area contributed by atoms with E-state index in [2.05, 4.69) is 58.6 Å². The first-order chi connectivity index (χ1) is 8.55. The maximum atomic E-state index is 6.73. The van der Waals surface area contributed by atoms with Crippen LogP contribution in [0.25, 0.3) is 0 Å². The van der Waals surface area contributed by atoms with E-state index in [1.54, 1.807) is 0 Å². The van der Waals surface area contributed by atoms with E-state index in [9.17, 15) is 0 Å². The maximum Gasteiger partial charge on any atom is 0.101 e. The van der Waals surface area contributed by atoms with Crippen molar-refractivity contribution < 1.29 is 4.18 Å². The predicted molar refractivity (Wildman–Crippen MR) is 89.4 cm³/mol. The van der Waals surface area contributed by atoms with E-state index in [0.29, 0.717) is 0 Å². The number of hydrogen-bond donors (Lipinski definition) is 0. The molecule has 19 heavy (non-hydrogen) atoms. The van der Waals surface area contributed by atoms with Crippen LogP contribution in [0.1, 0.15) is 57.6 Å². The van der Waals surface area contributed by atoms with Crippen LogP contribution in [0.4, 0.5) is 0 Å². The Morgan fingerprint density at radius 3 is 2.53 bits per heavy atom. The highest BCUT2D eigenvalue weighted by Gasteiger charge is 2.42. The summed E-state index contributed by atoms with van der Waals surface area (Å²) in [6.45, 7) is 11.6. The first-order valence-corrected chi connectivity index (χ1v) is 10.3. The standard InChI is InChI=1S/C16H28OS2/c1-15(2,3)19(6,7)17-14-12-9-11-18-13(12)8-10-16(14,4)5/h9,11,14H,8,10H2,1-7H3. The van der Waals surface area contributed by atoms with E-state index in [1.165, 1.54) is 23.3 Å². The van der Waals surface area contributed by atoms with Crippen molar-refractivity contribution in [1.29, 1.82) is 0 Å². The zero-order chi connectivity index (χ0) is 14.5. The summed E-state index contributed by atoms with van der Waals surface area (Å²) in [7, 11) is -1.08. The molecule has 0 bridgehead atoms. The van der Waals surface area contributed by atoms with Crippen molar-refractivity contribution >= 4 is 21.6 Å². The molecule has 2 rings (SSSR count). The number of rotatable bonds is 2. The first kappa shape index (κ1) is 15.4. The van der Waals surface area contributed by atoms with Crippen molar-refractivity contribution in [2.75, 3.05) is 12.5 Å². The molecule has 3 heteroatoms. The molecule has 0 aromatic carbocycles. The molecular formula is C16H28OS2. The number of fused-ring (bicyclic) bond motifs is 1. The SMILES string of the molecule is CC1(C)CCc2sccc2C1OS(C)(C)C(C)(C)C. The minimum Gasteiger partial charge on any atom is -0.328 e.